The van der Waals surface area contributed by atoms with E-state index in [0.717, 1.165) is 5.69 Å². The second-order valence-electron chi connectivity index (χ2n) is 3.48. The highest BCUT2D eigenvalue weighted by Gasteiger charge is 2.15. The molecule has 0 saturated heterocycles. The number of nitrogens with zero attached hydrogens (tertiary/aromatic N) is 1. The second-order valence-corrected chi connectivity index (χ2v) is 8.57. The van der Waals surface area contributed by atoms with Gasteiger partial charge in [-0.15, -0.1) is 17.1 Å². The van der Waals surface area contributed by atoms with Gasteiger partial charge in [0.2, 0.25) is 0 Å². The molecule has 0 aromatic carbocycles. The molecule has 0 unspecified atom stereocenters. The first-order valence-corrected chi connectivity index (χ1v) is 7.88. The van der Waals surface area contributed by atoms with Crippen molar-refractivity contribution in [2.24, 2.45) is 0 Å². The van der Waals surface area contributed by atoms with Crippen molar-refractivity contribution < 1.29 is 0 Å². The Kier molecular flexibility index (Phi) is 3.53. The Morgan fingerprint density at radius 3 is 2.77 bits per heavy atom. The Morgan fingerprint density at radius 1 is 1.46 bits per heavy atom. The Balaban J connectivity index is 2.79. The predicted octanol–water partition coefficient (Wildman–Crippen LogP) is 2.46. The first-order chi connectivity index (χ1) is 6.14. The topological polar surface area (TPSA) is 12.9 Å². The zero-order valence-corrected chi connectivity index (χ0v) is 9.60. The van der Waals surface area contributed by atoms with E-state index in [1.54, 1.807) is 6.20 Å². The maximum absolute atomic E-state index is 5.80. The average molecular weight is 210 g/mol. The Hall–Kier alpha value is -0.783. The summed E-state index contributed by atoms with van der Waals surface area (Å²) in [6.45, 7) is 4.30. The minimum Gasteiger partial charge on any atom is -0.248 e. The van der Waals surface area contributed by atoms with Gasteiger partial charge < -0.3 is 0 Å². The van der Waals surface area contributed by atoms with Crippen molar-refractivity contribution in [1.29, 1.82) is 0 Å². The monoisotopic (exact) mass is 209 g/mol. The molecule has 0 aliphatic carbocycles. The maximum atomic E-state index is 5.80. The van der Waals surface area contributed by atoms with Crippen LogP contribution in [0.1, 0.15) is 5.69 Å². The first-order valence-electron chi connectivity index (χ1n) is 4.14. The summed E-state index contributed by atoms with van der Waals surface area (Å²) in [7, 11) is -1.50. The van der Waals surface area contributed by atoms with Gasteiger partial charge in [-0.1, -0.05) is 25.1 Å². The SMILES string of the molecule is C[Si](C)(C#Cc1ccccn1)CCl. The summed E-state index contributed by atoms with van der Waals surface area (Å²) in [6.07, 6.45) is 1.75. The summed E-state index contributed by atoms with van der Waals surface area (Å²) in [5.74, 6) is 3.05. The third-order valence-corrected chi connectivity index (χ3v) is 5.00. The molecule has 0 saturated carbocycles. The van der Waals surface area contributed by atoms with E-state index in [-0.39, 0.29) is 0 Å². The molecule has 1 nitrogen and oxygen atoms in total. The number of hydrogen-bond donors (Lipinski definition) is 0. The molecule has 0 amide bonds. The van der Waals surface area contributed by atoms with Gasteiger partial charge in [0, 0.05) is 11.7 Å². The van der Waals surface area contributed by atoms with E-state index in [9.17, 15) is 0 Å². The molecule has 0 atom stereocenters. The van der Waals surface area contributed by atoms with E-state index in [1.807, 2.05) is 18.2 Å². The van der Waals surface area contributed by atoms with Crippen LogP contribution < -0.4 is 0 Å². The van der Waals surface area contributed by atoms with Gasteiger partial charge in [-0.05, 0) is 12.1 Å². The fourth-order valence-electron chi connectivity index (χ4n) is 0.703. The zero-order chi connectivity index (χ0) is 9.73. The molecule has 68 valence electrons. The van der Waals surface area contributed by atoms with Gasteiger partial charge in [-0.25, -0.2) is 4.98 Å². The van der Waals surface area contributed by atoms with Crippen molar-refractivity contribution in [2.45, 2.75) is 13.1 Å². The molecule has 0 aliphatic rings. The van der Waals surface area contributed by atoms with E-state index in [4.69, 9.17) is 11.6 Å². The molecule has 0 spiro atoms. The van der Waals surface area contributed by atoms with Crippen LogP contribution in [0.4, 0.5) is 0 Å². The largest absolute Gasteiger partial charge is 0.248 e. The molecule has 1 rings (SSSR count). The molecular weight excluding hydrogens is 198 g/mol. The average Bonchev–Trinajstić information content (AvgIpc) is 2.17. The molecule has 13 heavy (non-hydrogen) atoms. The number of rotatable bonds is 1. The molecular formula is C10H12ClNSi. The standard InChI is InChI=1S/C10H12ClNSi/c1-13(2,9-11)8-6-10-5-3-4-7-12-10/h3-5,7H,9H2,1-2H3. The zero-order valence-electron chi connectivity index (χ0n) is 7.84. The van der Waals surface area contributed by atoms with Crippen LogP contribution in [0, 0.1) is 11.5 Å². The molecule has 1 aromatic heterocycles. The van der Waals surface area contributed by atoms with E-state index in [2.05, 4.69) is 29.5 Å². The van der Waals surface area contributed by atoms with Gasteiger partial charge in [-0.3, -0.25) is 0 Å². The van der Waals surface area contributed by atoms with Crippen molar-refractivity contribution in [3.63, 3.8) is 0 Å². The molecule has 1 heterocycles. The molecule has 3 heteroatoms. The van der Waals surface area contributed by atoms with Crippen LogP contribution in [0.2, 0.25) is 13.1 Å². The minimum atomic E-state index is -1.50. The lowest BCUT2D eigenvalue weighted by Crippen LogP contribution is -2.26. The van der Waals surface area contributed by atoms with Gasteiger partial charge in [0.25, 0.3) is 0 Å². The second kappa shape index (κ2) is 4.45. The summed E-state index contributed by atoms with van der Waals surface area (Å²) in [5.41, 5.74) is 4.72. The van der Waals surface area contributed by atoms with E-state index >= 15 is 0 Å². The van der Waals surface area contributed by atoms with Crippen LogP contribution in [0.25, 0.3) is 0 Å². The normalized spacial score (nSPS) is 10.4. The predicted molar refractivity (Wildman–Crippen MR) is 59.3 cm³/mol. The van der Waals surface area contributed by atoms with Crippen LogP contribution >= 0.6 is 11.6 Å². The maximum Gasteiger partial charge on any atom is 0.147 e. The number of pyridine rings is 1. The van der Waals surface area contributed by atoms with E-state index in [1.165, 1.54) is 0 Å². The lowest BCUT2D eigenvalue weighted by Gasteiger charge is -2.07. The number of hydrogen-bond acceptors (Lipinski definition) is 1. The van der Waals surface area contributed by atoms with E-state index < -0.39 is 8.07 Å². The summed E-state index contributed by atoms with van der Waals surface area (Å²) in [5, 5.41) is 0. The van der Waals surface area contributed by atoms with Gasteiger partial charge >= 0.3 is 0 Å². The van der Waals surface area contributed by atoms with Crippen molar-refractivity contribution in [1.82, 2.24) is 4.98 Å². The van der Waals surface area contributed by atoms with Crippen molar-refractivity contribution in [3.05, 3.63) is 30.1 Å². The highest BCUT2D eigenvalue weighted by atomic mass is 35.5. The minimum absolute atomic E-state index is 0.673. The molecule has 0 fully saturated rings. The Morgan fingerprint density at radius 2 is 2.23 bits per heavy atom. The molecule has 0 radical (unpaired) electrons. The van der Waals surface area contributed by atoms with Gasteiger partial charge in [-0.2, -0.15) is 0 Å². The fraction of sp³-hybridized carbons (Fsp3) is 0.300. The van der Waals surface area contributed by atoms with Crippen molar-refractivity contribution in [3.8, 4) is 11.5 Å². The quantitative estimate of drug-likeness (QED) is 0.394. The third kappa shape index (κ3) is 3.62. The van der Waals surface area contributed by atoms with Crippen LogP contribution in [-0.2, 0) is 0 Å². The van der Waals surface area contributed by atoms with Crippen LogP contribution in [0.3, 0.4) is 0 Å². The fourth-order valence-corrected chi connectivity index (χ4v) is 1.44. The lowest BCUT2D eigenvalue weighted by atomic mass is 10.4. The summed E-state index contributed by atoms with van der Waals surface area (Å²) in [6, 6.07) is 5.73. The van der Waals surface area contributed by atoms with Crippen molar-refractivity contribution >= 4 is 19.7 Å². The number of halogens is 1. The van der Waals surface area contributed by atoms with Gasteiger partial charge in [0.05, 0.1) is 0 Å². The Labute approximate surface area is 85.2 Å². The molecule has 0 aliphatic heterocycles. The molecule has 1 aromatic rings. The van der Waals surface area contributed by atoms with Gasteiger partial charge in [0.1, 0.15) is 13.8 Å². The number of alkyl halides is 1. The summed E-state index contributed by atoms with van der Waals surface area (Å²) in [4.78, 5) is 4.12. The van der Waals surface area contributed by atoms with Crippen LogP contribution in [0.15, 0.2) is 24.4 Å². The summed E-state index contributed by atoms with van der Waals surface area (Å²) >= 11 is 5.80. The third-order valence-electron chi connectivity index (χ3n) is 1.53. The highest BCUT2D eigenvalue weighted by molar-refractivity contribution is 6.89. The Bertz CT molecular complexity index is 324. The van der Waals surface area contributed by atoms with Crippen LogP contribution in [-0.4, -0.2) is 18.6 Å². The molecule has 0 bridgehead atoms. The number of aromatic nitrogens is 1. The van der Waals surface area contributed by atoms with E-state index in [0.29, 0.717) is 5.50 Å². The van der Waals surface area contributed by atoms with Crippen molar-refractivity contribution in [2.75, 3.05) is 5.50 Å². The van der Waals surface area contributed by atoms with Gasteiger partial charge in [0.15, 0.2) is 0 Å². The smallest absolute Gasteiger partial charge is 0.147 e. The molecule has 0 N–H and O–H groups in total. The lowest BCUT2D eigenvalue weighted by molar-refractivity contribution is 1.29. The highest BCUT2D eigenvalue weighted by Crippen LogP contribution is 2.02. The summed E-state index contributed by atoms with van der Waals surface area (Å²) < 4.78 is 0. The first kappa shape index (κ1) is 10.3. The van der Waals surface area contributed by atoms with Crippen LogP contribution in [0.5, 0.6) is 0 Å².